The van der Waals surface area contributed by atoms with Crippen molar-refractivity contribution >= 4 is 19.8 Å². The molecule has 0 fully saturated rings. The van der Waals surface area contributed by atoms with Crippen molar-refractivity contribution < 1.29 is 37.6 Å². The molecule has 10 heteroatoms. The van der Waals surface area contributed by atoms with Gasteiger partial charge in [0.15, 0.2) is 6.10 Å². The summed E-state index contributed by atoms with van der Waals surface area (Å²) in [6.07, 6.45) is 81.4. The van der Waals surface area contributed by atoms with Crippen LogP contribution in [0.25, 0.3) is 0 Å². The molecule has 0 bridgehead atoms. The van der Waals surface area contributed by atoms with E-state index in [1.54, 1.807) is 0 Å². The molecule has 0 aromatic rings. The molecule has 0 amide bonds. The summed E-state index contributed by atoms with van der Waals surface area (Å²) >= 11 is 0. The zero-order chi connectivity index (χ0) is 51.7. The van der Waals surface area contributed by atoms with E-state index in [0.717, 1.165) is 128 Å². The Morgan fingerprint density at radius 2 is 0.761 bits per heavy atom. The molecule has 0 aromatic heterocycles. The molecule has 0 aromatic carbocycles. The number of ether oxygens (including phenoxy) is 2. The normalized spacial score (nSPS) is 14.5. The molecule has 396 valence electrons. The van der Waals surface area contributed by atoms with Gasteiger partial charge in [-0.2, -0.15) is 0 Å². The third-order valence-electron chi connectivity index (χ3n) is 10.1. The fraction of sp³-hybridized carbons (Fsp3) is 0.508. The summed E-state index contributed by atoms with van der Waals surface area (Å²) in [5.74, 6) is -0.958. The number of nitrogens with two attached hydrogens (primary N) is 1. The summed E-state index contributed by atoms with van der Waals surface area (Å²) in [6, 6.07) is 0. The van der Waals surface area contributed by atoms with Gasteiger partial charge in [-0.25, -0.2) is 4.57 Å². The van der Waals surface area contributed by atoms with Crippen molar-refractivity contribution in [3.05, 3.63) is 170 Å². The van der Waals surface area contributed by atoms with Crippen molar-refractivity contribution in [3.8, 4) is 0 Å². The van der Waals surface area contributed by atoms with Crippen molar-refractivity contribution in [2.45, 2.75) is 174 Å². The molecular weight excluding hydrogens is 906 g/mol. The minimum atomic E-state index is -4.41. The smallest absolute Gasteiger partial charge is 0.462 e. The first-order valence-corrected chi connectivity index (χ1v) is 28.1. The first-order chi connectivity index (χ1) is 34.8. The number of hydrogen-bond acceptors (Lipinski definition) is 8. The van der Waals surface area contributed by atoms with Gasteiger partial charge in [0.05, 0.1) is 13.2 Å². The maximum Gasteiger partial charge on any atom is 0.472 e. The molecular formula is C61H94NO8P. The van der Waals surface area contributed by atoms with Crippen LogP contribution >= 0.6 is 7.82 Å². The van der Waals surface area contributed by atoms with Crippen LogP contribution in [0.3, 0.4) is 0 Å². The number of hydrogen-bond donors (Lipinski definition) is 2. The zero-order valence-electron chi connectivity index (χ0n) is 43.9. The molecule has 0 heterocycles. The first-order valence-electron chi connectivity index (χ1n) is 26.6. The number of unbranched alkanes of at least 4 members (excludes halogenated alkanes) is 6. The first kappa shape index (κ1) is 66.4. The second-order valence-corrected chi connectivity index (χ2v) is 18.1. The summed E-state index contributed by atoms with van der Waals surface area (Å²) in [6.45, 7) is 3.36. The number of allylic oxidation sites excluding steroid dienone is 28. The highest BCUT2D eigenvalue weighted by Crippen LogP contribution is 2.43. The lowest BCUT2D eigenvalue weighted by atomic mass is 10.1. The lowest BCUT2D eigenvalue weighted by Gasteiger charge is -2.19. The molecule has 0 aliphatic heterocycles. The molecule has 0 rings (SSSR count). The summed E-state index contributed by atoms with van der Waals surface area (Å²) in [5, 5.41) is 0. The topological polar surface area (TPSA) is 134 Å². The maximum absolute atomic E-state index is 12.6. The quantitative estimate of drug-likeness (QED) is 0.0264. The lowest BCUT2D eigenvalue weighted by Crippen LogP contribution is -2.29. The van der Waals surface area contributed by atoms with E-state index < -0.39 is 32.5 Å². The van der Waals surface area contributed by atoms with Gasteiger partial charge in [-0.15, -0.1) is 0 Å². The Kier molecular flexibility index (Phi) is 51.1. The van der Waals surface area contributed by atoms with E-state index in [2.05, 4.69) is 172 Å². The Balaban J connectivity index is 4.10. The minimum absolute atomic E-state index is 0.0322. The summed E-state index contributed by atoms with van der Waals surface area (Å²) in [4.78, 5) is 34.9. The van der Waals surface area contributed by atoms with Crippen LogP contribution in [0.4, 0.5) is 0 Å². The molecule has 3 N–H and O–H groups in total. The van der Waals surface area contributed by atoms with Gasteiger partial charge in [0.1, 0.15) is 6.61 Å². The molecule has 0 aliphatic carbocycles. The Morgan fingerprint density at radius 3 is 1.14 bits per heavy atom. The monoisotopic (exact) mass is 1000 g/mol. The third kappa shape index (κ3) is 54.6. The molecule has 0 radical (unpaired) electrons. The van der Waals surface area contributed by atoms with Gasteiger partial charge in [-0.05, 0) is 116 Å². The predicted octanol–water partition coefficient (Wildman–Crippen LogP) is 16.7. The Labute approximate surface area is 431 Å². The lowest BCUT2D eigenvalue weighted by molar-refractivity contribution is -0.161. The van der Waals surface area contributed by atoms with Crippen LogP contribution < -0.4 is 5.73 Å². The highest BCUT2D eigenvalue weighted by atomic mass is 31.2. The van der Waals surface area contributed by atoms with Gasteiger partial charge in [0.25, 0.3) is 0 Å². The predicted molar refractivity (Wildman–Crippen MR) is 302 cm³/mol. The largest absolute Gasteiger partial charge is 0.472 e. The summed E-state index contributed by atoms with van der Waals surface area (Å²) in [5.41, 5.74) is 5.35. The summed E-state index contributed by atoms with van der Waals surface area (Å²) < 4.78 is 32.8. The Hall–Kier alpha value is -4.63. The molecule has 2 unspecified atom stereocenters. The SMILES string of the molecule is CC/C=C\C/C=C\C/C=C\C/C=C\C/C=C\C/C=C\C/C=C\C/C=C\C/C=C\C/C=C\CCCCCCCCC(=O)OC(COC(=O)CC/C=C\C/C=C\C/C=C\C/C=C\CC)COP(=O)(O)OCCN. The van der Waals surface area contributed by atoms with Gasteiger partial charge >= 0.3 is 19.8 Å². The molecule has 0 spiro atoms. The van der Waals surface area contributed by atoms with Crippen molar-refractivity contribution in [2.75, 3.05) is 26.4 Å². The van der Waals surface area contributed by atoms with Crippen LogP contribution in [-0.4, -0.2) is 49.3 Å². The second-order valence-electron chi connectivity index (χ2n) is 16.6. The van der Waals surface area contributed by atoms with Crippen LogP contribution in [0.2, 0.25) is 0 Å². The molecule has 0 saturated carbocycles. The third-order valence-corrected chi connectivity index (χ3v) is 11.1. The Morgan fingerprint density at radius 1 is 0.423 bits per heavy atom. The van der Waals surface area contributed by atoms with E-state index in [0.29, 0.717) is 12.8 Å². The Bertz CT molecular complexity index is 1760. The molecule has 0 saturated heterocycles. The zero-order valence-corrected chi connectivity index (χ0v) is 44.8. The fourth-order valence-corrected chi connectivity index (χ4v) is 7.03. The van der Waals surface area contributed by atoms with Crippen molar-refractivity contribution in [2.24, 2.45) is 5.73 Å². The van der Waals surface area contributed by atoms with E-state index in [9.17, 15) is 19.0 Å². The number of rotatable bonds is 47. The van der Waals surface area contributed by atoms with Crippen LogP contribution in [0.5, 0.6) is 0 Å². The summed E-state index contributed by atoms with van der Waals surface area (Å²) in [7, 11) is -4.41. The van der Waals surface area contributed by atoms with Crippen molar-refractivity contribution in [3.63, 3.8) is 0 Å². The standard InChI is InChI=1S/C61H94NO8P/c1-3-5-7-9-11-13-15-17-18-19-20-21-22-23-24-25-26-27-28-29-30-31-32-33-34-35-36-37-38-39-40-42-44-46-48-50-52-54-61(64)70-59(58-69-71(65,66)68-56-55-62)57-67-60(63)53-51-49-47-45-43-41-16-14-12-10-8-6-4-2/h5-8,11-14,17-18,20-21,23-24,26-27,29-30,32-33,35-36,38-39,41,43,47,49,59H,3-4,9-10,15-16,19,22,25,28,31,34,37,40,42,44-46,48,50-58,62H2,1-2H3,(H,65,66)/b7-5-,8-6-,13-11-,14-12-,18-17-,21-20-,24-23-,27-26-,30-29-,33-32-,36-35-,39-38-,43-41-,49-47-. The minimum Gasteiger partial charge on any atom is -0.462 e. The van der Waals surface area contributed by atoms with E-state index >= 15 is 0 Å². The highest BCUT2D eigenvalue weighted by molar-refractivity contribution is 7.47. The van der Waals surface area contributed by atoms with Crippen LogP contribution in [-0.2, 0) is 32.7 Å². The number of carbonyl (C=O) groups is 2. The van der Waals surface area contributed by atoms with Gasteiger partial charge < -0.3 is 20.1 Å². The average molecular weight is 1000 g/mol. The average Bonchev–Trinajstić information content (AvgIpc) is 3.36. The van der Waals surface area contributed by atoms with Crippen LogP contribution in [0, 0.1) is 0 Å². The van der Waals surface area contributed by atoms with Crippen molar-refractivity contribution in [1.29, 1.82) is 0 Å². The van der Waals surface area contributed by atoms with Crippen LogP contribution in [0.15, 0.2) is 170 Å². The van der Waals surface area contributed by atoms with E-state index in [1.807, 2.05) is 12.2 Å². The number of phosphoric ester groups is 1. The molecule has 2 atom stereocenters. The second kappa shape index (κ2) is 54.7. The van der Waals surface area contributed by atoms with E-state index in [1.165, 1.54) is 0 Å². The van der Waals surface area contributed by atoms with E-state index in [4.69, 9.17) is 24.3 Å². The van der Waals surface area contributed by atoms with Gasteiger partial charge in [-0.3, -0.25) is 18.6 Å². The fourth-order valence-electron chi connectivity index (χ4n) is 6.26. The van der Waals surface area contributed by atoms with Crippen LogP contribution in [0.1, 0.15) is 168 Å². The number of esters is 2. The molecule has 9 nitrogen and oxygen atoms in total. The van der Waals surface area contributed by atoms with E-state index in [-0.39, 0.29) is 32.6 Å². The maximum atomic E-state index is 12.6. The van der Waals surface area contributed by atoms with Gasteiger partial charge in [0, 0.05) is 19.4 Å². The molecule has 71 heavy (non-hydrogen) atoms. The number of carbonyl (C=O) groups excluding carboxylic acids is 2. The van der Waals surface area contributed by atoms with Crippen molar-refractivity contribution in [1.82, 2.24) is 0 Å². The number of phosphoric acid groups is 1. The van der Waals surface area contributed by atoms with Gasteiger partial charge in [-0.1, -0.05) is 210 Å². The highest BCUT2D eigenvalue weighted by Gasteiger charge is 2.26. The van der Waals surface area contributed by atoms with Gasteiger partial charge in [0.2, 0.25) is 0 Å². The molecule has 0 aliphatic rings.